The van der Waals surface area contributed by atoms with Gasteiger partial charge in [-0.15, -0.1) is 0 Å². The second kappa shape index (κ2) is 4.93. The quantitative estimate of drug-likeness (QED) is 0.626. The molecule has 70 valence electrons. The molecule has 12 heavy (non-hydrogen) atoms. The number of aliphatic carboxylic acids is 1. The second-order valence-corrected chi connectivity index (χ2v) is 3.21. The van der Waals surface area contributed by atoms with E-state index < -0.39 is 5.97 Å². The lowest BCUT2D eigenvalue weighted by molar-refractivity contribution is -0.132. The lowest BCUT2D eigenvalue weighted by Gasteiger charge is -2.16. The summed E-state index contributed by atoms with van der Waals surface area (Å²) < 4.78 is 0. The average molecular weight is 171 g/mol. The van der Waals surface area contributed by atoms with Crippen molar-refractivity contribution in [2.45, 2.75) is 26.8 Å². The summed E-state index contributed by atoms with van der Waals surface area (Å²) in [4.78, 5) is 10.5. The van der Waals surface area contributed by atoms with E-state index in [2.05, 4.69) is 5.32 Å². The Morgan fingerprint density at radius 1 is 1.50 bits per heavy atom. The molecule has 0 rings (SSSR count). The standard InChI is InChI=1S/C9H17NO2/c1-6(2)8(10-4)5-7(3)9(11)12/h5-6,8,10H,1-4H3,(H,11,12). The largest absolute Gasteiger partial charge is 0.478 e. The van der Waals surface area contributed by atoms with Gasteiger partial charge in [-0.05, 0) is 19.9 Å². The second-order valence-electron chi connectivity index (χ2n) is 3.21. The fourth-order valence-electron chi connectivity index (χ4n) is 0.950. The highest BCUT2D eigenvalue weighted by molar-refractivity contribution is 5.85. The van der Waals surface area contributed by atoms with Crippen molar-refractivity contribution in [1.82, 2.24) is 5.32 Å². The number of carbonyl (C=O) groups is 1. The molecule has 0 bridgehead atoms. The van der Waals surface area contributed by atoms with Crippen molar-refractivity contribution in [2.24, 2.45) is 5.92 Å². The summed E-state index contributed by atoms with van der Waals surface area (Å²) in [6.07, 6.45) is 1.74. The molecule has 0 aliphatic carbocycles. The summed E-state index contributed by atoms with van der Waals surface area (Å²) in [5.74, 6) is -0.444. The van der Waals surface area contributed by atoms with Gasteiger partial charge in [-0.1, -0.05) is 19.9 Å². The van der Waals surface area contributed by atoms with E-state index in [1.54, 1.807) is 13.0 Å². The van der Waals surface area contributed by atoms with Crippen LogP contribution in [0, 0.1) is 5.92 Å². The van der Waals surface area contributed by atoms with Gasteiger partial charge in [0, 0.05) is 11.6 Å². The van der Waals surface area contributed by atoms with E-state index in [9.17, 15) is 4.79 Å². The van der Waals surface area contributed by atoms with Gasteiger partial charge in [-0.2, -0.15) is 0 Å². The smallest absolute Gasteiger partial charge is 0.331 e. The van der Waals surface area contributed by atoms with Gasteiger partial charge >= 0.3 is 5.97 Å². The maximum absolute atomic E-state index is 10.5. The molecule has 0 spiro atoms. The van der Waals surface area contributed by atoms with E-state index >= 15 is 0 Å². The van der Waals surface area contributed by atoms with Gasteiger partial charge < -0.3 is 10.4 Å². The summed E-state index contributed by atoms with van der Waals surface area (Å²) in [6, 6.07) is 0.140. The zero-order valence-corrected chi connectivity index (χ0v) is 8.09. The first kappa shape index (κ1) is 11.2. The molecule has 3 heteroatoms. The molecule has 0 saturated carbocycles. The van der Waals surface area contributed by atoms with E-state index in [0.29, 0.717) is 11.5 Å². The summed E-state index contributed by atoms with van der Waals surface area (Å²) in [5, 5.41) is 11.7. The van der Waals surface area contributed by atoms with Crippen molar-refractivity contribution in [3.05, 3.63) is 11.6 Å². The van der Waals surface area contributed by atoms with Gasteiger partial charge in [0.1, 0.15) is 0 Å². The molecule has 0 radical (unpaired) electrons. The highest BCUT2D eigenvalue weighted by Gasteiger charge is 2.09. The van der Waals surface area contributed by atoms with E-state index in [4.69, 9.17) is 5.11 Å². The molecular weight excluding hydrogens is 154 g/mol. The first-order valence-electron chi connectivity index (χ1n) is 4.08. The van der Waals surface area contributed by atoms with Gasteiger partial charge in [0.2, 0.25) is 0 Å². The number of nitrogens with one attached hydrogen (secondary N) is 1. The Hall–Kier alpha value is -0.830. The molecule has 0 aliphatic heterocycles. The fourth-order valence-corrected chi connectivity index (χ4v) is 0.950. The van der Waals surface area contributed by atoms with Crippen molar-refractivity contribution >= 4 is 5.97 Å². The first-order valence-corrected chi connectivity index (χ1v) is 4.08. The van der Waals surface area contributed by atoms with E-state index in [-0.39, 0.29) is 6.04 Å². The molecule has 0 amide bonds. The van der Waals surface area contributed by atoms with Crippen LogP contribution in [0.5, 0.6) is 0 Å². The van der Waals surface area contributed by atoms with Crippen LogP contribution >= 0.6 is 0 Å². The Balaban J connectivity index is 4.35. The number of carboxylic acid groups (broad SMARTS) is 1. The molecule has 0 aromatic rings. The third kappa shape index (κ3) is 3.53. The SMILES string of the molecule is CNC(C=C(C)C(=O)O)C(C)C. The number of hydrogen-bond acceptors (Lipinski definition) is 2. The lowest BCUT2D eigenvalue weighted by Crippen LogP contribution is -2.29. The average Bonchev–Trinajstić information content (AvgIpc) is 1.98. The maximum atomic E-state index is 10.5. The normalized spacial score (nSPS) is 14.9. The zero-order chi connectivity index (χ0) is 9.72. The third-order valence-electron chi connectivity index (χ3n) is 1.82. The van der Waals surface area contributed by atoms with Crippen LogP contribution in [-0.2, 0) is 4.79 Å². The summed E-state index contributed by atoms with van der Waals surface area (Å²) >= 11 is 0. The molecule has 1 unspecified atom stereocenters. The molecule has 0 aromatic heterocycles. The summed E-state index contributed by atoms with van der Waals surface area (Å²) in [7, 11) is 1.83. The molecule has 0 saturated heterocycles. The molecular formula is C9H17NO2. The molecule has 0 fully saturated rings. The van der Waals surface area contributed by atoms with Crippen LogP contribution in [0.25, 0.3) is 0 Å². The Morgan fingerprint density at radius 3 is 2.25 bits per heavy atom. The highest BCUT2D eigenvalue weighted by Crippen LogP contribution is 2.05. The Bertz CT molecular complexity index is 185. The van der Waals surface area contributed by atoms with Crippen LogP contribution < -0.4 is 5.32 Å². The van der Waals surface area contributed by atoms with Gasteiger partial charge in [-0.25, -0.2) is 4.79 Å². The van der Waals surface area contributed by atoms with Crippen molar-refractivity contribution in [2.75, 3.05) is 7.05 Å². The van der Waals surface area contributed by atoms with Crippen LogP contribution in [0.2, 0.25) is 0 Å². The maximum Gasteiger partial charge on any atom is 0.331 e. The fraction of sp³-hybridized carbons (Fsp3) is 0.667. The lowest BCUT2D eigenvalue weighted by atomic mass is 10.0. The van der Waals surface area contributed by atoms with Crippen molar-refractivity contribution in [1.29, 1.82) is 0 Å². The summed E-state index contributed by atoms with van der Waals surface area (Å²) in [5.41, 5.74) is 0.392. The number of hydrogen-bond donors (Lipinski definition) is 2. The molecule has 0 heterocycles. The minimum atomic E-state index is -0.851. The number of carboxylic acids is 1. The van der Waals surface area contributed by atoms with Gasteiger partial charge in [0.25, 0.3) is 0 Å². The van der Waals surface area contributed by atoms with Crippen LogP contribution in [0.3, 0.4) is 0 Å². The number of likely N-dealkylation sites (N-methyl/N-ethyl adjacent to an activating group) is 1. The topological polar surface area (TPSA) is 49.3 Å². The molecule has 2 N–H and O–H groups in total. The minimum Gasteiger partial charge on any atom is -0.478 e. The van der Waals surface area contributed by atoms with E-state index in [0.717, 1.165) is 0 Å². The van der Waals surface area contributed by atoms with E-state index in [1.807, 2.05) is 20.9 Å². The molecule has 3 nitrogen and oxygen atoms in total. The predicted molar refractivity (Wildman–Crippen MR) is 49.1 cm³/mol. The Kier molecular flexibility index (Phi) is 4.59. The Morgan fingerprint density at radius 2 is 2.00 bits per heavy atom. The van der Waals surface area contributed by atoms with Crippen LogP contribution in [0.4, 0.5) is 0 Å². The van der Waals surface area contributed by atoms with Crippen LogP contribution in [0.1, 0.15) is 20.8 Å². The molecule has 0 aromatic carbocycles. The number of rotatable bonds is 4. The zero-order valence-electron chi connectivity index (χ0n) is 8.09. The third-order valence-corrected chi connectivity index (χ3v) is 1.82. The van der Waals surface area contributed by atoms with E-state index in [1.165, 1.54) is 0 Å². The predicted octanol–water partition coefficient (Wildman–Crippen LogP) is 1.26. The summed E-state index contributed by atoms with van der Waals surface area (Å²) in [6.45, 7) is 5.70. The monoisotopic (exact) mass is 171 g/mol. The van der Waals surface area contributed by atoms with Crippen molar-refractivity contribution < 1.29 is 9.90 Å². The van der Waals surface area contributed by atoms with Gasteiger partial charge in [-0.3, -0.25) is 0 Å². The Labute approximate surface area is 73.5 Å². The van der Waals surface area contributed by atoms with Crippen LogP contribution in [0.15, 0.2) is 11.6 Å². The van der Waals surface area contributed by atoms with Crippen LogP contribution in [-0.4, -0.2) is 24.2 Å². The highest BCUT2D eigenvalue weighted by atomic mass is 16.4. The molecule has 1 atom stereocenters. The van der Waals surface area contributed by atoms with Gasteiger partial charge in [0.15, 0.2) is 0 Å². The van der Waals surface area contributed by atoms with Crippen molar-refractivity contribution in [3.63, 3.8) is 0 Å². The minimum absolute atomic E-state index is 0.140. The van der Waals surface area contributed by atoms with Gasteiger partial charge in [0.05, 0.1) is 0 Å². The first-order chi connectivity index (χ1) is 5.49. The van der Waals surface area contributed by atoms with Crippen molar-refractivity contribution in [3.8, 4) is 0 Å². The molecule has 0 aliphatic rings.